The SMILES string of the molecule is CCCCCC1CNC(=O)CN1. The van der Waals surface area contributed by atoms with Crippen molar-refractivity contribution in [3.05, 3.63) is 0 Å². The van der Waals surface area contributed by atoms with Crippen LogP contribution in [0.1, 0.15) is 32.6 Å². The Morgan fingerprint density at radius 2 is 2.33 bits per heavy atom. The van der Waals surface area contributed by atoms with E-state index in [1.165, 1.54) is 25.7 Å². The largest absolute Gasteiger partial charge is 0.353 e. The monoisotopic (exact) mass is 170 g/mol. The van der Waals surface area contributed by atoms with Crippen LogP contribution in [0.15, 0.2) is 0 Å². The zero-order chi connectivity index (χ0) is 8.81. The second-order valence-electron chi connectivity index (χ2n) is 3.38. The molecule has 0 aromatic carbocycles. The van der Waals surface area contributed by atoms with E-state index in [9.17, 15) is 4.79 Å². The third-order valence-electron chi connectivity index (χ3n) is 2.25. The quantitative estimate of drug-likeness (QED) is 0.608. The van der Waals surface area contributed by atoms with Gasteiger partial charge in [-0.2, -0.15) is 0 Å². The molecule has 1 aliphatic rings. The van der Waals surface area contributed by atoms with Gasteiger partial charge in [-0.25, -0.2) is 0 Å². The molecule has 0 bridgehead atoms. The number of nitrogens with one attached hydrogen (secondary N) is 2. The highest BCUT2D eigenvalue weighted by Gasteiger charge is 2.15. The number of amides is 1. The number of hydrogen-bond acceptors (Lipinski definition) is 2. The summed E-state index contributed by atoms with van der Waals surface area (Å²) in [6.45, 7) is 3.51. The van der Waals surface area contributed by atoms with Crippen molar-refractivity contribution in [2.24, 2.45) is 0 Å². The molecule has 12 heavy (non-hydrogen) atoms. The Hall–Kier alpha value is -0.570. The van der Waals surface area contributed by atoms with Gasteiger partial charge in [0.2, 0.25) is 5.91 Å². The minimum absolute atomic E-state index is 0.127. The van der Waals surface area contributed by atoms with Crippen LogP contribution in [-0.4, -0.2) is 25.0 Å². The van der Waals surface area contributed by atoms with E-state index in [0.29, 0.717) is 12.6 Å². The molecule has 0 aromatic heterocycles. The lowest BCUT2D eigenvalue weighted by Gasteiger charge is -2.23. The van der Waals surface area contributed by atoms with Crippen molar-refractivity contribution in [1.29, 1.82) is 0 Å². The minimum Gasteiger partial charge on any atom is -0.353 e. The van der Waals surface area contributed by atoms with E-state index in [4.69, 9.17) is 0 Å². The van der Waals surface area contributed by atoms with E-state index in [1.807, 2.05) is 0 Å². The lowest BCUT2D eigenvalue weighted by Crippen LogP contribution is -2.51. The summed E-state index contributed by atoms with van der Waals surface area (Å²) < 4.78 is 0. The van der Waals surface area contributed by atoms with Crippen molar-refractivity contribution in [3.63, 3.8) is 0 Å². The van der Waals surface area contributed by atoms with Gasteiger partial charge in [0.15, 0.2) is 0 Å². The van der Waals surface area contributed by atoms with Crippen molar-refractivity contribution in [2.75, 3.05) is 13.1 Å². The molecule has 0 radical (unpaired) electrons. The van der Waals surface area contributed by atoms with E-state index in [1.54, 1.807) is 0 Å². The first-order valence-electron chi connectivity index (χ1n) is 4.83. The summed E-state index contributed by atoms with van der Waals surface area (Å²) in [5, 5.41) is 6.07. The zero-order valence-corrected chi connectivity index (χ0v) is 7.73. The Morgan fingerprint density at radius 3 is 2.92 bits per heavy atom. The summed E-state index contributed by atoms with van der Waals surface area (Å²) in [6, 6.07) is 0.509. The molecular formula is C9H18N2O. The summed E-state index contributed by atoms with van der Waals surface area (Å²) in [7, 11) is 0. The van der Waals surface area contributed by atoms with Crippen LogP contribution in [0.2, 0.25) is 0 Å². The van der Waals surface area contributed by atoms with Crippen LogP contribution in [0, 0.1) is 0 Å². The average molecular weight is 170 g/mol. The molecular weight excluding hydrogens is 152 g/mol. The van der Waals surface area contributed by atoms with Crippen LogP contribution >= 0.6 is 0 Å². The predicted molar refractivity (Wildman–Crippen MR) is 48.9 cm³/mol. The highest BCUT2D eigenvalue weighted by Crippen LogP contribution is 2.03. The van der Waals surface area contributed by atoms with E-state index >= 15 is 0 Å². The first-order chi connectivity index (χ1) is 5.83. The standard InChI is InChI=1S/C9H18N2O/c1-2-3-4-5-8-6-11-9(12)7-10-8/h8,10H,2-7H2,1H3,(H,11,12). The molecule has 0 saturated carbocycles. The molecule has 1 aliphatic heterocycles. The van der Waals surface area contributed by atoms with Crippen molar-refractivity contribution in [3.8, 4) is 0 Å². The molecule has 1 saturated heterocycles. The van der Waals surface area contributed by atoms with Gasteiger partial charge in [-0.05, 0) is 6.42 Å². The van der Waals surface area contributed by atoms with Crippen molar-refractivity contribution in [1.82, 2.24) is 10.6 Å². The maximum atomic E-state index is 10.8. The van der Waals surface area contributed by atoms with Crippen LogP contribution in [0.5, 0.6) is 0 Å². The molecule has 1 amide bonds. The molecule has 1 rings (SSSR count). The molecule has 0 aromatic rings. The molecule has 3 heteroatoms. The Bertz CT molecular complexity index is 137. The Balaban J connectivity index is 2.05. The highest BCUT2D eigenvalue weighted by atomic mass is 16.2. The van der Waals surface area contributed by atoms with Crippen molar-refractivity contribution in [2.45, 2.75) is 38.6 Å². The first kappa shape index (κ1) is 9.52. The maximum absolute atomic E-state index is 10.8. The van der Waals surface area contributed by atoms with Gasteiger partial charge in [-0.1, -0.05) is 26.2 Å². The summed E-state index contributed by atoms with van der Waals surface area (Å²) in [5.41, 5.74) is 0. The fourth-order valence-corrected chi connectivity index (χ4v) is 1.45. The Labute approximate surface area is 73.9 Å². The molecule has 0 spiro atoms. The average Bonchev–Trinajstić information content (AvgIpc) is 2.09. The third-order valence-corrected chi connectivity index (χ3v) is 2.25. The van der Waals surface area contributed by atoms with Gasteiger partial charge < -0.3 is 10.6 Å². The first-order valence-corrected chi connectivity index (χ1v) is 4.83. The molecule has 70 valence electrons. The molecule has 1 atom stereocenters. The van der Waals surface area contributed by atoms with Crippen LogP contribution in [0.4, 0.5) is 0 Å². The van der Waals surface area contributed by atoms with Crippen LogP contribution in [-0.2, 0) is 4.79 Å². The molecule has 2 N–H and O–H groups in total. The number of rotatable bonds is 4. The fourth-order valence-electron chi connectivity index (χ4n) is 1.45. The molecule has 0 aliphatic carbocycles. The minimum atomic E-state index is 0.127. The lowest BCUT2D eigenvalue weighted by molar-refractivity contribution is -0.121. The second kappa shape index (κ2) is 5.14. The van der Waals surface area contributed by atoms with Gasteiger partial charge >= 0.3 is 0 Å². The van der Waals surface area contributed by atoms with Gasteiger partial charge in [0.25, 0.3) is 0 Å². The Kier molecular flexibility index (Phi) is 4.08. The van der Waals surface area contributed by atoms with Gasteiger partial charge in [-0.15, -0.1) is 0 Å². The molecule has 1 fully saturated rings. The van der Waals surface area contributed by atoms with Crippen LogP contribution < -0.4 is 10.6 Å². The number of unbranched alkanes of at least 4 members (excludes halogenated alkanes) is 2. The summed E-state index contributed by atoms with van der Waals surface area (Å²) in [6.07, 6.45) is 5.02. The highest BCUT2D eigenvalue weighted by molar-refractivity contribution is 5.78. The third kappa shape index (κ3) is 3.22. The summed E-state index contributed by atoms with van der Waals surface area (Å²) >= 11 is 0. The molecule has 1 unspecified atom stereocenters. The van der Waals surface area contributed by atoms with E-state index in [0.717, 1.165) is 6.54 Å². The molecule has 1 heterocycles. The van der Waals surface area contributed by atoms with E-state index < -0.39 is 0 Å². The summed E-state index contributed by atoms with van der Waals surface area (Å²) in [4.78, 5) is 10.8. The second-order valence-corrected chi connectivity index (χ2v) is 3.38. The van der Waals surface area contributed by atoms with E-state index in [2.05, 4.69) is 17.6 Å². The smallest absolute Gasteiger partial charge is 0.234 e. The van der Waals surface area contributed by atoms with Gasteiger partial charge in [0, 0.05) is 12.6 Å². The van der Waals surface area contributed by atoms with Gasteiger partial charge in [0.1, 0.15) is 0 Å². The van der Waals surface area contributed by atoms with Crippen LogP contribution in [0.25, 0.3) is 0 Å². The number of piperazine rings is 1. The topological polar surface area (TPSA) is 41.1 Å². The van der Waals surface area contributed by atoms with Gasteiger partial charge in [0.05, 0.1) is 6.54 Å². The summed E-state index contributed by atoms with van der Waals surface area (Å²) in [5.74, 6) is 0.127. The van der Waals surface area contributed by atoms with Crippen LogP contribution in [0.3, 0.4) is 0 Å². The Morgan fingerprint density at radius 1 is 1.50 bits per heavy atom. The maximum Gasteiger partial charge on any atom is 0.234 e. The van der Waals surface area contributed by atoms with E-state index in [-0.39, 0.29) is 5.91 Å². The van der Waals surface area contributed by atoms with Crippen molar-refractivity contribution >= 4 is 5.91 Å². The molecule has 3 nitrogen and oxygen atoms in total. The number of carbonyl (C=O) groups excluding carboxylic acids is 1. The zero-order valence-electron chi connectivity index (χ0n) is 7.73. The fraction of sp³-hybridized carbons (Fsp3) is 0.889. The number of carbonyl (C=O) groups is 1. The van der Waals surface area contributed by atoms with Gasteiger partial charge in [-0.3, -0.25) is 4.79 Å². The normalized spacial score (nSPS) is 23.8. The van der Waals surface area contributed by atoms with Crippen molar-refractivity contribution < 1.29 is 4.79 Å². The predicted octanol–water partition coefficient (Wildman–Crippen LogP) is 0.655. The number of hydrogen-bond donors (Lipinski definition) is 2. The lowest BCUT2D eigenvalue weighted by atomic mass is 10.1.